The molecule has 0 aromatic heterocycles. The molecule has 0 spiro atoms. The first-order chi connectivity index (χ1) is 44.6. The van der Waals surface area contributed by atoms with E-state index in [1.54, 1.807) is 6.08 Å². The van der Waals surface area contributed by atoms with Crippen LogP contribution in [-0.4, -0.2) is 140 Å². The first-order valence-electron chi connectivity index (χ1n) is 39.1. The summed E-state index contributed by atoms with van der Waals surface area (Å²) >= 11 is 0. The minimum absolute atomic E-state index is 0.240. The van der Waals surface area contributed by atoms with Crippen LogP contribution in [0.3, 0.4) is 0 Å². The van der Waals surface area contributed by atoms with Crippen molar-refractivity contribution >= 4 is 5.91 Å². The van der Waals surface area contributed by atoms with Gasteiger partial charge < -0.3 is 65.1 Å². The minimum Gasteiger partial charge on any atom is -0.394 e. The third kappa shape index (κ3) is 45.6. The molecular formula is C77H147NO13. The molecule has 2 aliphatic heterocycles. The van der Waals surface area contributed by atoms with Crippen LogP contribution < -0.4 is 5.32 Å². The topological polar surface area (TPSA) is 228 Å². The van der Waals surface area contributed by atoms with Gasteiger partial charge in [0.25, 0.3) is 0 Å². The molecule has 1 amide bonds. The van der Waals surface area contributed by atoms with E-state index in [1.807, 2.05) is 6.08 Å². The highest BCUT2D eigenvalue weighted by atomic mass is 16.7. The normalized spacial score (nSPS) is 22.8. The van der Waals surface area contributed by atoms with Crippen LogP contribution in [0.2, 0.25) is 0 Å². The lowest BCUT2D eigenvalue weighted by Gasteiger charge is -2.46. The number of ether oxygens (including phenoxy) is 4. The van der Waals surface area contributed by atoms with E-state index in [4.69, 9.17) is 18.9 Å². The molecule has 0 bridgehead atoms. The van der Waals surface area contributed by atoms with Gasteiger partial charge in [-0.15, -0.1) is 0 Å². The van der Waals surface area contributed by atoms with Crippen LogP contribution in [0.4, 0.5) is 0 Å². The van der Waals surface area contributed by atoms with E-state index >= 15 is 0 Å². The van der Waals surface area contributed by atoms with E-state index < -0.39 is 86.8 Å². The number of rotatable bonds is 66. The maximum absolute atomic E-state index is 13.4. The molecule has 91 heavy (non-hydrogen) atoms. The summed E-state index contributed by atoms with van der Waals surface area (Å²) in [6.07, 6.45) is 62.6. The summed E-state index contributed by atoms with van der Waals surface area (Å²) < 4.78 is 22.9. The molecule has 2 rings (SSSR count). The van der Waals surface area contributed by atoms with Gasteiger partial charge in [-0.2, -0.15) is 0 Å². The molecular weight excluding hydrogens is 1150 g/mol. The summed E-state index contributed by atoms with van der Waals surface area (Å²) in [4.78, 5) is 13.4. The number of nitrogens with one attached hydrogen (secondary N) is 1. The fourth-order valence-electron chi connectivity index (χ4n) is 13.2. The summed E-state index contributed by atoms with van der Waals surface area (Å²) in [5.41, 5.74) is 0. The third-order valence-electron chi connectivity index (χ3n) is 19.4. The van der Waals surface area contributed by atoms with Gasteiger partial charge in [-0.1, -0.05) is 353 Å². The molecule has 2 saturated heterocycles. The third-order valence-corrected chi connectivity index (χ3v) is 19.4. The van der Waals surface area contributed by atoms with E-state index in [0.717, 1.165) is 32.1 Å². The van der Waals surface area contributed by atoms with Crippen LogP contribution in [0.5, 0.6) is 0 Å². The Morgan fingerprint density at radius 1 is 0.385 bits per heavy atom. The predicted octanol–water partition coefficient (Wildman–Crippen LogP) is 17.1. The molecule has 14 nitrogen and oxygen atoms in total. The second-order valence-electron chi connectivity index (χ2n) is 27.8. The van der Waals surface area contributed by atoms with Crippen molar-refractivity contribution in [3.63, 3.8) is 0 Å². The number of hydrogen-bond acceptors (Lipinski definition) is 13. The maximum atomic E-state index is 13.4. The first kappa shape index (κ1) is 85.6. The number of hydrogen-bond donors (Lipinski definition) is 9. The van der Waals surface area contributed by atoms with Crippen molar-refractivity contribution in [2.24, 2.45) is 0 Å². The fourth-order valence-corrected chi connectivity index (χ4v) is 13.2. The number of carbonyl (C=O) groups excluding carboxylic acids is 1. The van der Waals surface area contributed by atoms with E-state index in [9.17, 15) is 45.6 Å². The van der Waals surface area contributed by atoms with Gasteiger partial charge in [-0.25, -0.2) is 0 Å². The lowest BCUT2D eigenvalue weighted by Crippen LogP contribution is -2.65. The zero-order chi connectivity index (χ0) is 65.9. The number of carbonyl (C=O) groups is 1. The molecule has 2 fully saturated rings. The molecule has 538 valence electrons. The summed E-state index contributed by atoms with van der Waals surface area (Å²) in [6, 6.07) is -0.930. The zero-order valence-electron chi connectivity index (χ0n) is 58.9. The van der Waals surface area contributed by atoms with Crippen molar-refractivity contribution in [2.45, 2.75) is 441 Å². The summed E-state index contributed by atoms with van der Waals surface area (Å²) in [5, 5.41) is 87.6. The van der Waals surface area contributed by atoms with Crippen LogP contribution >= 0.6 is 0 Å². The second kappa shape index (κ2) is 62.0. The smallest absolute Gasteiger partial charge is 0.220 e. The zero-order valence-corrected chi connectivity index (χ0v) is 58.9. The molecule has 0 aliphatic carbocycles. The number of unbranched alkanes of at least 4 members (excludes halogenated alkanes) is 51. The average molecular weight is 1300 g/mol. The van der Waals surface area contributed by atoms with Gasteiger partial charge in [0.2, 0.25) is 5.91 Å². The highest BCUT2D eigenvalue weighted by molar-refractivity contribution is 5.76. The number of aliphatic hydroxyl groups is 8. The van der Waals surface area contributed by atoms with Gasteiger partial charge in [-0.3, -0.25) is 4.79 Å². The Bertz CT molecular complexity index is 1620. The van der Waals surface area contributed by atoms with Crippen LogP contribution in [0.25, 0.3) is 0 Å². The SMILES string of the molecule is CCCCCCCCCCCCCCCCCCCCCCCCCC/C=C/CC/C=C/C(O)C(COC1OC(CO)C(OC2OC(CO)C(O)C(O)C2O)C(O)C1O)NC(=O)CCCCCCCCCCCCCCCCCCCCCCCCCCCCC. The molecule has 12 atom stereocenters. The Balaban J connectivity index is 1.64. The number of aliphatic hydroxyl groups excluding tert-OH is 8. The van der Waals surface area contributed by atoms with Gasteiger partial charge in [0.1, 0.15) is 48.8 Å². The van der Waals surface area contributed by atoms with Gasteiger partial charge in [0, 0.05) is 6.42 Å². The monoisotopic (exact) mass is 1290 g/mol. The molecule has 0 radical (unpaired) electrons. The van der Waals surface area contributed by atoms with Crippen molar-refractivity contribution in [3.8, 4) is 0 Å². The van der Waals surface area contributed by atoms with Gasteiger partial charge in [-0.05, 0) is 32.1 Å². The van der Waals surface area contributed by atoms with Crippen LogP contribution in [0.15, 0.2) is 24.3 Å². The van der Waals surface area contributed by atoms with Crippen LogP contribution in [0, 0.1) is 0 Å². The molecule has 0 aromatic rings. The van der Waals surface area contributed by atoms with Gasteiger partial charge >= 0.3 is 0 Å². The molecule has 0 saturated carbocycles. The Labute approximate surface area is 558 Å². The fraction of sp³-hybridized carbons (Fsp3) is 0.935. The Morgan fingerprint density at radius 2 is 0.703 bits per heavy atom. The highest BCUT2D eigenvalue weighted by Crippen LogP contribution is 2.30. The lowest BCUT2D eigenvalue weighted by molar-refractivity contribution is -0.359. The van der Waals surface area contributed by atoms with E-state index in [0.29, 0.717) is 12.8 Å². The Hall–Kier alpha value is -1.53. The maximum Gasteiger partial charge on any atom is 0.220 e. The van der Waals surface area contributed by atoms with E-state index in [2.05, 4.69) is 31.3 Å². The highest BCUT2D eigenvalue weighted by Gasteiger charge is 2.51. The second-order valence-corrected chi connectivity index (χ2v) is 27.8. The molecule has 2 aliphatic rings. The van der Waals surface area contributed by atoms with Gasteiger partial charge in [0.15, 0.2) is 12.6 Å². The quantitative estimate of drug-likeness (QED) is 0.0204. The number of allylic oxidation sites excluding steroid dienone is 3. The van der Waals surface area contributed by atoms with E-state index in [-0.39, 0.29) is 18.9 Å². The van der Waals surface area contributed by atoms with Crippen LogP contribution in [-0.2, 0) is 23.7 Å². The summed E-state index contributed by atoms with van der Waals surface area (Å²) in [5.74, 6) is -0.240. The largest absolute Gasteiger partial charge is 0.394 e. The molecule has 0 aromatic carbocycles. The standard InChI is InChI=1S/C77H147NO13/c1-3-5-7-9-11-13-15-17-19-21-23-25-27-29-31-32-33-35-36-38-40-42-44-46-48-50-52-54-56-58-60-66(81)65(64-88-76-74(87)72(85)75(68(63-80)90-76)91-77-73(86)71(84)70(83)67(62-79)89-77)78-69(82)61-59-57-55-53-51-49-47-45-43-41-39-37-34-30-28-26-24-22-20-18-16-14-12-10-8-6-4-2/h50,52,58,60,65-68,70-77,79-81,83-87H,3-49,51,53-57,59,61-64H2,1-2H3,(H,78,82)/b52-50+,60-58+. The molecule has 9 N–H and O–H groups in total. The predicted molar refractivity (Wildman–Crippen MR) is 374 cm³/mol. The molecule has 2 heterocycles. The van der Waals surface area contributed by atoms with Crippen LogP contribution in [0.1, 0.15) is 367 Å². The van der Waals surface area contributed by atoms with Crippen molar-refractivity contribution in [1.82, 2.24) is 5.32 Å². The van der Waals surface area contributed by atoms with Crippen molar-refractivity contribution < 1.29 is 64.6 Å². The van der Waals surface area contributed by atoms with Crippen molar-refractivity contribution in [3.05, 3.63) is 24.3 Å². The van der Waals surface area contributed by atoms with Gasteiger partial charge in [0.05, 0.1) is 32.0 Å². The first-order valence-corrected chi connectivity index (χ1v) is 39.1. The number of amides is 1. The Kier molecular flexibility index (Phi) is 58.3. The van der Waals surface area contributed by atoms with Crippen molar-refractivity contribution in [2.75, 3.05) is 19.8 Å². The summed E-state index contributed by atoms with van der Waals surface area (Å²) in [6.45, 7) is 2.85. The van der Waals surface area contributed by atoms with Crippen molar-refractivity contribution in [1.29, 1.82) is 0 Å². The summed E-state index contributed by atoms with van der Waals surface area (Å²) in [7, 11) is 0. The average Bonchev–Trinajstić information content (AvgIpc) is 0.978. The lowest BCUT2D eigenvalue weighted by atomic mass is 9.97. The molecule has 14 heteroatoms. The minimum atomic E-state index is -1.79. The van der Waals surface area contributed by atoms with E-state index in [1.165, 1.54) is 302 Å². The molecule has 12 unspecified atom stereocenters. The Morgan fingerprint density at radius 3 is 1.08 bits per heavy atom.